The van der Waals surface area contributed by atoms with Crippen LogP contribution in [0.15, 0.2) is 18.2 Å². The number of hydrogen-bond acceptors (Lipinski definition) is 2. The normalized spacial score (nSPS) is 11.6. The SMILES string of the molecule is CCCNCc1cc(I)ccc1NCC(C)(C)C. The van der Waals surface area contributed by atoms with Gasteiger partial charge in [0, 0.05) is 22.3 Å². The predicted octanol–water partition coefficient (Wildman–Crippen LogP) is 4.25. The summed E-state index contributed by atoms with van der Waals surface area (Å²) in [4.78, 5) is 0. The number of hydrogen-bond donors (Lipinski definition) is 2. The van der Waals surface area contributed by atoms with Crippen molar-refractivity contribution in [2.75, 3.05) is 18.4 Å². The first-order valence-electron chi connectivity index (χ1n) is 6.65. The minimum atomic E-state index is 0.303. The Morgan fingerprint density at radius 2 is 1.94 bits per heavy atom. The van der Waals surface area contributed by atoms with Crippen LogP contribution in [-0.4, -0.2) is 13.1 Å². The average molecular weight is 360 g/mol. The summed E-state index contributed by atoms with van der Waals surface area (Å²) in [7, 11) is 0. The molecule has 102 valence electrons. The third-order valence-electron chi connectivity index (χ3n) is 2.62. The van der Waals surface area contributed by atoms with Crippen LogP contribution in [0.25, 0.3) is 0 Å². The molecule has 1 aromatic carbocycles. The molecule has 0 bridgehead atoms. The van der Waals surface area contributed by atoms with Crippen molar-refractivity contribution in [2.24, 2.45) is 5.41 Å². The smallest absolute Gasteiger partial charge is 0.0386 e. The standard InChI is InChI=1S/C15H25IN2/c1-5-8-17-10-12-9-13(16)6-7-14(12)18-11-15(2,3)4/h6-7,9,17-18H,5,8,10-11H2,1-4H3. The minimum Gasteiger partial charge on any atom is -0.384 e. The van der Waals surface area contributed by atoms with Gasteiger partial charge < -0.3 is 10.6 Å². The van der Waals surface area contributed by atoms with E-state index in [1.54, 1.807) is 0 Å². The average Bonchev–Trinajstić information content (AvgIpc) is 2.27. The number of rotatable bonds is 6. The fourth-order valence-electron chi connectivity index (χ4n) is 1.64. The molecule has 0 spiro atoms. The van der Waals surface area contributed by atoms with Crippen LogP contribution in [0.5, 0.6) is 0 Å². The molecule has 0 radical (unpaired) electrons. The van der Waals surface area contributed by atoms with E-state index in [4.69, 9.17) is 0 Å². The summed E-state index contributed by atoms with van der Waals surface area (Å²) in [6, 6.07) is 6.61. The van der Waals surface area contributed by atoms with Gasteiger partial charge in [-0.2, -0.15) is 0 Å². The van der Waals surface area contributed by atoms with Crippen molar-refractivity contribution < 1.29 is 0 Å². The highest BCUT2D eigenvalue weighted by Gasteiger charge is 2.11. The largest absolute Gasteiger partial charge is 0.384 e. The first-order valence-corrected chi connectivity index (χ1v) is 7.73. The van der Waals surface area contributed by atoms with E-state index in [-0.39, 0.29) is 0 Å². The zero-order valence-electron chi connectivity index (χ0n) is 11.9. The second kappa shape index (κ2) is 7.34. The van der Waals surface area contributed by atoms with Gasteiger partial charge in [0.05, 0.1) is 0 Å². The predicted molar refractivity (Wildman–Crippen MR) is 89.1 cm³/mol. The molecule has 0 saturated heterocycles. The van der Waals surface area contributed by atoms with Crippen LogP contribution in [0.2, 0.25) is 0 Å². The van der Waals surface area contributed by atoms with Gasteiger partial charge in [0.2, 0.25) is 0 Å². The summed E-state index contributed by atoms with van der Waals surface area (Å²) >= 11 is 2.37. The molecule has 0 saturated carbocycles. The molecule has 0 aliphatic carbocycles. The van der Waals surface area contributed by atoms with Crippen LogP contribution in [0, 0.1) is 8.99 Å². The van der Waals surface area contributed by atoms with Crippen molar-refractivity contribution in [3.8, 4) is 0 Å². The molecule has 0 unspecified atom stereocenters. The lowest BCUT2D eigenvalue weighted by atomic mass is 9.96. The van der Waals surface area contributed by atoms with Gasteiger partial charge in [-0.15, -0.1) is 0 Å². The van der Waals surface area contributed by atoms with E-state index in [9.17, 15) is 0 Å². The van der Waals surface area contributed by atoms with Crippen molar-refractivity contribution in [2.45, 2.75) is 40.7 Å². The van der Waals surface area contributed by atoms with Crippen LogP contribution in [0.1, 0.15) is 39.7 Å². The quantitative estimate of drug-likeness (QED) is 0.586. The third-order valence-corrected chi connectivity index (χ3v) is 3.29. The number of halogens is 1. The summed E-state index contributed by atoms with van der Waals surface area (Å²) in [5, 5.41) is 7.04. The van der Waals surface area contributed by atoms with Crippen LogP contribution < -0.4 is 10.6 Å². The molecule has 0 atom stereocenters. The topological polar surface area (TPSA) is 24.1 Å². The maximum absolute atomic E-state index is 3.56. The summed E-state index contributed by atoms with van der Waals surface area (Å²) in [6.07, 6.45) is 1.18. The van der Waals surface area contributed by atoms with Crippen LogP contribution in [0.3, 0.4) is 0 Å². The number of anilines is 1. The van der Waals surface area contributed by atoms with Crippen molar-refractivity contribution in [1.82, 2.24) is 5.32 Å². The highest BCUT2D eigenvalue weighted by Crippen LogP contribution is 2.21. The van der Waals surface area contributed by atoms with Gasteiger partial charge in [0.25, 0.3) is 0 Å². The molecule has 3 heteroatoms. The van der Waals surface area contributed by atoms with E-state index < -0.39 is 0 Å². The van der Waals surface area contributed by atoms with E-state index in [1.165, 1.54) is 21.2 Å². The maximum atomic E-state index is 3.56. The van der Waals surface area contributed by atoms with E-state index in [2.05, 4.69) is 79.1 Å². The fraction of sp³-hybridized carbons (Fsp3) is 0.600. The minimum absolute atomic E-state index is 0.303. The lowest BCUT2D eigenvalue weighted by Crippen LogP contribution is -2.21. The lowest BCUT2D eigenvalue weighted by Gasteiger charge is -2.21. The number of benzene rings is 1. The Labute approximate surface area is 125 Å². The van der Waals surface area contributed by atoms with Gasteiger partial charge in [-0.25, -0.2) is 0 Å². The number of nitrogens with one attached hydrogen (secondary N) is 2. The molecule has 0 aromatic heterocycles. The highest BCUT2D eigenvalue weighted by atomic mass is 127. The summed E-state index contributed by atoms with van der Waals surface area (Å²) in [5.74, 6) is 0. The Bertz CT molecular complexity index is 369. The van der Waals surface area contributed by atoms with Crippen LogP contribution in [-0.2, 0) is 6.54 Å². The van der Waals surface area contributed by atoms with Crippen LogP contribution >= 0.6 is 22.6 Å². The molecule has 0 amide bonds. The zero-order chi connectivity index (χ0) is 13.6. The van der Waals surface area contributed by atoms with Gasteiger partial charge in [-0.1, -0.05) is 27.7 Å². The maximum Gasteiger partial charge on any atom is 0.0386 e. The first kappa shape index (κ1) is 15.8. The van der Waals surface area contributed by atoms with Gasteiger partial charge in [-0.05, 0) is 64.7 Å². The van der Waals surface area contributed by atoms with Gasteiger partial charge in [-0.3, -0.25) is 0 Å². The Hall–Kier alpha value is -0.290. The first-order chi connectivity index (χ1) is 8.42. The van der Waals surface area contributed by atoms with E-state index >= 15 is 0 Å². The summed E-state index contributed by atoms with van der Waals surface area (Å²) < 4.78 is 1.29. The molecule has 1 aromatic rings. The summed E-state index contributed by atoms with van der Waals surface area (Å²) in [6.45, 7) is 12.0. The molecule has 18 heavy (non-hydrogen) atoms. The highest BCUT2D eigenvalue weighted by molar-refractivity contribution is 14.1. The van der Waals surface area contributed by atoms with E-state index in [0.717, 1.165) is 19.6 Å². The Balaban J connectivity index is 2.70. The molecule has 0 fully saturated rings. The van der Waals surface area contributed by atoms with Crippen molar-refractivity contribution in [3.63, 3.8) is 0 Å². The molecular weight excluding hydrogens is 335 g/mol. The molecule has 2 N–H and O–H groups in total. The lowest BCUT2D eigenvalue weighted by molar-refractivity contribution is 0.443. The Kier molecular flexibility index (Phi) is 6.43. The second-order valence-corrected chi connectivity index (χ2v) is 7.14. The second-order valence-electron chi connectivity index (χ2n) is 5.89. The third kappa shape index (κ3) is 6.05. The molecule has 2 nitrogen and oxygen atoms in total. The van der Waals surface area contributed by atoms with Crippen molar-refractivity contribution in [3.05, 3.63) is 27.3 Å². The van der Waals surface area contributed by atoms with Crippen molar-refractivity contribution in [1.29, 1.82) is 0 Å². The molecule has 0 aliphatic heterocycles. The van der Waals surface area contributed by atoms with Crippen LogP contribution in [0.4, 0.5) is 5.69 Å². The zero-order valence-corrected chi connectivity index (χ0v) is 14.1. The molecule has 0 aliphatic rings. The molecule has 0 heterocycles. The fourth-order valence-corrected chi connectivity index (χ4v) is 2.20. The Morgan fingerprint density at radius 3 is 2.56 bits per heavy atom. The monoisotopic (exact) mass is 360 g/mol. The Morgan fingerprint density at radius 1 is 1.22 bits per heavy atom. The van der Waals surface area contributed by atoms with Gasteiger partial charge in [0.15, 0.2) is 0 Å². The van der Waals surface area contributed by atoms with E-state index in [1.807, 2.05) is 0 Å². The molecule has 1 rings (SSSR count). The van der Waals surface area contributed by atoms with Gasteiger partial charge in [0.1, 0.15) is 0 Å². The van der Waals surface area contributed by atoms with Crippen molar-refractivity contribution >= 4 is 28.3 Å². The van der Waals surface area contributed by atoms with Gasteiger partial charge >= 0.3 is 0 Å². The summed E-state index contributed by atoms with van der Waals surface area (Å²) in [5.41, 5.74) is 2.92. The molecular formula is C15H25IN2. The van der Waals surface area contributed by atoms with E-state index in [0.29, 0.717) is 5.41 Å².